The van der Waals surface area contributed by atoms with E-state index in [2.05, 4.69) is 72.0 Å². The Hall–Kier alpha value is -2.13. The largest absolute Gasteiger partial charge is 0.350 e. The molecule has 0 N–H and O–H groups in total. The second-order valence-electron chi connectivity index (χ2n) is 5.63. The van der Waals surface area contributed by atoms with Crippen LogP contribution in [-0.4, -0.2) is 21.5 Å². The van der Waals surface area contributed by atoms with Gasteiger partial charge in [0.25, 0.3) is 0 Å². The Kier molecular flexibility index (Phi) is 3.76. The maximum absolute atomic E-state index is 4.46. The van der Waals surface area contributed by atoms with Gasteiger partial charge >= 0.3 is 0 Å². The minimum absolute atomic E-state index is 0.296. The highest BCUT2D eigenvalue weighted by Crippen LogP contribution is 2.24. The Morgan fingerprint density at radius 3 is 2.67 bits per heavy atom. The van der Waals surface area contributed by atoms with Gasteiger partial charge < -0.3 is 4.57 Å². The first-order valence-corrected chi connectivity index (χ1v) is 7.31. The number of hydrogen-bond donors (Lipinski definition) is 0. The van der Waals surface area contributed by atoms with E-state index in [-0.39, 0.29) is 0 Å². The van der Waals surface area contributed by atoms with E-state index in [9.17, 15) is 0 Å². The predicted octanol–water partition coefficient (Wildman–Crippen LogP) is 3.77. The fraction of sp³-hybridized carbons (Fsp3) is 0.278. The van der Waals surface area contributed by atoms with Crippen LogP contribution in [0.1, 0.15) is 24.2 Å². The van der Waals surface area contributed by atoms with Gasteiger partial charge in [-0.3, -0.25) is 9.88 Å². The van der Waals surface area contributed by atoms with Gasteiger partial charge in [0, 0.05) is 42.9 Å². The third-order valence-electron chi connectivity index (χ3n) is 4.18. The van der Waals surface area contributed by atoms with Crippen LogP contribution in [0.5, 0.6) is 0 Å². The molecule has 0 spiro atoms. The van der Waals surface area contributed by atoms with Crippen molar-refractivity contribution in [1.82, 2.24) is 14.5 Å². The SMILES string of the molecule is C[C@@H](c1ccccn1)N(C)Cc1cn(C)c2ccccc12. The van der Waals surface area contributed by atoms with E-state index >= 15 is 0 Å². The summed E-state index contributed by atoms with van der Waals surface area (Å²) in [6, 6.07) is 15.0. The Bertz CT molecular complexity index is 731. The molecule has 0 aliphatic rings. The average Bonchev–Trinajstić information content (AvgIpc) is 2.84. The molecule has 0 aliphatic heterocycles. The Balaban J connectivity index is 1.85. The van der Waals surface area contributed by atoms with Crippen LogP contribution < -0.4 is 0 Å². The molecule has 0 unspecified atom stereocenters. The van der Waals surface area contributed by atoms with E-state index in [1.165, 1.54) is 16.5 Å². The number of rotatable bonds is 4. The summed E-state index contributed by atoms with van der Waals surface area (Å²) in [4.78, 5) is 6.80. The van der Waals surface area contributed by atoms with Crippen molar-refractivity contribution < 1.29 is 0 Å². The number of para-hydroxylation sites is 1. The van der Waals surface area contributed by atoms with Crippen LogP contribution in [0.3, 0.4) is 0 Å². The lowest BCUT2D eigenvalue weighted by atomic mass is 10.1. The quantitative estimate of drug-likeness (QED) is 0.725. The summed E-state index contributed by atoms with van der Waals surface area (Å²) in [6.07, 6.45) is 4.09. The molecule has 1 atom stereocenters. The summed E-state index contributed by atoms with van der Waals surface area (Å²) >= 11 is 0. The fourth-order valence-corrected chi connectivity index (χ4v) is 2.81. The molecule has 0 bridgehead atoms. The maximum atomic E-state index is 4.46. The zero-order valence-corrected chi connectivity index (χ0v) is 12.8. The monoisotopic (exact) mass is 279 g/mol. The molecule has 0 radical (unpaired) electrons. The molecule has 2 heterocycles. The smallest absolute Gasteiger partial charge is 0.0572 e. The molecule has 3 rings (SSSR count). The zero-order valence-electron chi connectivity index (χ0n) is 12.8. The molecule has 0 amide bonds. The summed E-state index contributed by atoms with van der Waals surface area (Å²) in [6.45, 7) is 3.12. The first-order valence-electron chi connectivity index (χ1n) is 7.31. The number of nitrogens with zero attached hydrogens (tertiary/aromatic N) is 3. The van der Waals surface area contributed by atoms with Gasteiger partial charge in [-0.1, -0.05) is 24.3 Å². The van der Waals surface area contributed by atoms with Crippen molar-refractivity contribution in [2.45, 2.75) is 19.5 Å². The van der Waals surface area contributed by atoms with Gasteiger partial charge in [-0.2, -0.15) is 0 Å². The average molecular weight is 279 g/mol. The van der Waals surface area contributed by atoms with Gasteiger partial charge in [0.15, 0.2) is 0 Å². The summed E-state index contributed by atoms with van der Waals surface area (Å²) in [5.41, 5.74) is 3.75. The van der Waals surface area contributed by atoms with Crippen molar-refractivity contribution in [3.63, 3.8) is 0 Å². The number of benzene rings is 1. The standard InChI is InChI=1S/C18H21N3/c1-14(17-9-6-7-11-19-17)20(2)12-15-13-21(3)18-10-5-4-8-16(15)18/h4-11,13-14H,12H2,1-3H3/t14-/m0/s1. The number of aromatic nitrogens is 2. The second kappa shape index (κ2) is 5.70. The van der Waals surface area contributed by atoms with Gasteiger partial charge in [0.05, 0.1) is 5.69 Å². The summed E-state index contributed by atoms with van der Waals surface area (Å²) in [5.74, 6) is 0. The molecule has 0 fully saturated rings. The predicted molar refractivity (Wildman–Crippen MR) is 87.0 cm³/mol. The minimum Gasteiger partial charge on any atom is -0.350 e. The van der Waals surface area contributed by atoms with Gasteiger partial charge in [0.1, 0.15) is 0 Å². The number of hydrogen-bond acceptors (Lipinski definition) is 2. The molecule has 108 valence electrons. The molecular formula is C18H21N3. The fourth-order valence-electron chi connectivity index (χ4n) is 2.81. The van der Waals surface area contributed by atoms with Crippen molar-refractivity contribution in [1.29, 1.82) is 0 Å². The highest BCUT2D eigenvalue weighted by atomic mass is 15.1. The summed E-state index contributed by atoms with van der Waals surface area (Å²) in [5, 5.41) is 1.33. The van der Waals surface area contributed by atoms with Crippen LogP contribution in [0, 0.1) is 0 Å². The highest BCUT2D eigenvalue weighted by molar-refractivity contribution is 5.83. The Morgan fingerprint density at radius 1 is 1.14 bits per heavy atom. The lowest BCUT2D eigenvalue weighted by Crippen LogP contribution is -2.22. The van der Waals surface area contributed by atoms with E-state index in [1.807, 2.05) is 18.3 Å². The van der Waals surface area contributed by atoms with Crippen molar-refractivity contribution in [3.05, 3.63) is 66.1 Å². The zero-order chi connectivity index (χ0) is 14.8. The normalized spacial score (nSPS) is 13.0. The Labute approximate surface area is 125 Å². The molecule has 0 saturated carbocycles. The minimum atomic E-state index is 0.296. The van der Waals surface area contributed by atoms with Crippen LogP contribution in [0.25, 0.3) is 10.9 Å². The van der Waals surface area contributed by atoms with Crippen molar-refractivity contribution >= 4 is 10.9 Å². The molecule has 3 aromatic rings. The molecule has 1 aromatic carbocycles. The maximum Gasteiger partial charge on any atom is 0.0572 e. The van der Waals surface area contributed by atoms with E-state index in [0.29, 0.717) is 6.04 Å². The molecule has 3 heteroatoms. The molecule has 0 aliphatic carbocycles. The van der Waals surface area contributed by atoms with Gasteiger partial charge in [-0.05, 0) is 37.7 Å². The summed E-state index contributed by atoms with van der Waals surface area (Å²) in [7, 11) is 4.26. The van der Waals surface area contributed by atoms with E-state index in [1.54, 1.807) is 0 Å². The molecular weight excluding hydrogens is 258 g/mol. The first kappa shape index (κ1) is 13.8. The van der Waals surface area contributed by atoms with Crippen molar-refractivity contribution in [2.24, 2.45) is 7.05 Å². The van der Waals surface area contributed by atoms with Crippen LogP contribution in [-0.2, 0) is 13.6 Å². The molecule has 21 heavy (non-hydrogen) atoms. The van der Waals surface area contributed by atoms with Crippen molar-refractivity contribution in [2.75, 3.05) is 7.05 Å². The van der Waals surface area contributed by atoms with E-state index in [0.717, 1.165) is 12.2 Å². The topological polar surface area (TPSA) is 21.1 Å². The Morgan fingerprint density at radius 2 is 1.90 bits per heavy atom. The van der Waals surface area contributed by atoms with Crippen LogP contribution >= 0.6 is 0 Å². The highest BCUT2D eigenvalue weighted by Gasteiger charge is 2.15. The molecule has 2 aromatic heterocycles. The van der Waals surface area contributed by atoms with Crippen LogP contribution in [0.15, 0.2) is 54.9 Å². The lowest BCUT2D eigenvalue weighted by molar-refractivity contribution is 0.249. The van der Waals surface area contributed by atoms with Crippen molar-refractivity contribution in [3.8, 4) is 0 Å². The van der Waals surface area contributed by atoms with Gasteiger partial charge in [0.2, 0.25) is 0 Å². The van der Waals surface area contributed by atoms with E-state index < -0.39 is 0 Å². The molecule has 0 saturated heterocycles. The number of pyridine rings is 1. The third-order valence-corrected chi connectivity index (χ3v) is 4.18. The third kappa shape index (κ3) is 2.69. The first-order chi connectivity index (χ1) is 10.2. The molecule has 3 nitrogen and oxygen atoms in total. The second-order valence-corrected chi connectivity index (χ2v) is 5.63. The van der Waals surface area contributed by atoms with Crippen LogP contribution in [0.4, 0.5) is 0 Å². The summed E-state index contributed by atoms with van der Waals surface area (Å²) < 4.78 is 2.20. The number of aryl methyl sites for hydroxylation is 1. The van der Waals surface area contributed by atoms with E-state index in [4.69, 9.17) is 0 Å². The number of fused-ring (bicyclic) bond motifs is 1. The van der Waals surface area contributed by atoms with Gasteiger partial charge in [-0.25, -0.2) is 0 Å². The van der Waals surface area contributed by atoms with Gasteiger partial charge in [-0.15, -0.1) is 0 Å². The lowest BCUT2D eigenvalue weighted by Gasteiger charge is -2.24. The van der Waals surface area contributed by atoms with Crippen LogP contribution in [0.2, 0.25) is 0 Å².